The first-order valence-corrected chi connectivity index (χ1v) is 25.5. The molecule has 16 heteroatoms. The Morgan fingerprint density at radius 1 is 0.597 bits per heavy atom. The van der Waals surface area contributed by atoms with Crippen molar-refractivity contribution in [2.45, 2.75) is 27.2 Å². The predicted octanol–water partition coefficient (Wildman–Crippen LogP) is 10.5. The van der Waals surface area contributed by atoms with E-state index in [2.05, 4.69) is 30.9 Å². The molecule has 0 fully saturated rings. The smallest absolute Gasteiger partial charge is 0.503 e. The molecule has 2 aliphatic heterocycles. The molecule has 4 aromatic heterocycles. The molecule has 12 nitrogen and oxygen atoms in total. The van der Waals surface area contributed by atoms with Crippen molar-refractivity contribution in [1.82, 2.24) is 23.8 Å². The Morgan fingerprint density at radius 3 is 1.54 bits per heavy atom. The number of thiazole rings is 2. The fourth-order valence-corrected chi connectivity index (χ4v) is 11.7. The largest absolute Gasteiger partial charge is 0.743 e. The third-order valence-electron chi connectivity index (χ3n) is 13.2. The van der Waals surface area contributed by atoms with Crippen LogP contribution in [0.1, 0.15) is 35.8 Å². The molecule has 0 bridgehead atoms. The maximum absolute atomic E-state index is 11.8. The van der Waals surface area contributed by atoms with Crippen LogP contribution >= 0.6 is 22.7 Å². The summed E-state index contributed by atoms with van der Waals surface area (Å²) in [6.45, 7) is 9.84. The summed E-state index contributed by atoms with van der Waals surface area (Å²) in [5, 5.41) is 26.8. The fraction of sp³-hybridized carbons (Fsp3) is 0.143. The number of aryl methyl sites for hydroxylation is 1. The predicted molar refractivity (Wildman–Crippen MR) is 286 cm³/mol. The van der Waals surface area contributed by atoms with Crippen LogP contribution in [-0.2, 0) is 0 Å². The number of nitriles is 2. The lowest BCUT2D eigenvalue weighted by Crippen LogP contribution is -2.44. The third kappa shape index (κ3) is 7.72. The first-order valence-electron chi connectivity index (χ1n) is 23.9. The highest BCUT2D eigenvalue weighted by Gasteiger charge is 2.45. The molecule has 12 rings (SSSR count). The molecular formula is C56H43B2N7O5S2. The van der Waals surface area contributed by atoms with E-state index < -0.39 is 14.5 Å². The van der Waals surface area contributed by atoms with E-state index in [0.29, 0.717) is 78.2 Å². The zero-order valence-electron chi connectivity index (χ0n) is 39.5. The van der Waals surface area contributed by atoms with Crippen molar-refractivity contribution < 1.29 is 23.4 Å². The van der Waals surface area contributed by atoms with Gasteiger partial charge in [0.2, 0.25) is 0 Å². The van der Waals surface area contributed by atoms with Crippen LogP contribution in [-0.4, -0.2) is 64.6 Å². The average molecular weight is 980 g/mol. The quantitative estimate of drug-likeness (QED) is 0.0812. The van der Waals surface area contributed by atoms with Gasteiger partial charge in [0.1, 0.15) is 62.0 Å². The van der Waals surface area contributed by atoms with Crippen LogP contribution in [0.2, 0.25) is 0 Å². The maximum atomic E-state index is 11.8. The Labute approximate surface area is 423 Å². The summed E-state index contributed by atoms with van der Waals surface area (Å²) in [4.78, 5) is 12.6. The number of rotatable bonds is 13. The summed E-state index contributed by atoms with van der Waals surface area (Å²) >= 11 is 2.86. The van der Waals surface area contributed by atoms with Gasteiger partial charge in [-0.3, -0.25) is 0 Å². The van der Waals surface area contributed by atoms with Crippen molar-refractivity contribution in [3.8, 4) is 63.4 Å². The van der Waals surface area contributed by atoms with Crippen LogP contribution in [0.25, 0.3) is 64.9 Å². The Morgan fingerprint density at radius 2 is 1.06 bits per heavy atom. The van der Waals surface area contributed by atoms with Gasteiger partial charge in [-0.2, -0.15) is 10.5 Å². The van der Waals surface area contributed by atoms with Crippen LogP contribution in [0, 0.1) is 29.6 Å². The fourth-order valence-electron chi connectivity index (χ4n) is 9.77. The number of nitrogens with zero attached hydrogens (tertiary/aromatic N) is 7. The van der Waals surface area contributed by atoms with Gasteiger partial charge in [-0.15, -0.1) is 22.7 Å². The Hall–Kier alpha value is -8.27. The molecule has 6 aromatic carbocycles. The highest BCUT2D eigenvalue weighted by atomic mass is 32.1. The molecule has 6 heterocycles. The minimum absolute atomic E-state index is 0.275. The number of hydrogen-bond donors (Lipinski definition) is 0. The van der Waals surface area contributed by atoms with E-state index in [1.54, 1.807) is 0 Å². The number of para-hydroxylation sites is 6. The molecule has 0 spiro atoms. The zero-order chi connectivity index (χ0) is 48.9. The Kier molecular flexibility index (Phi) is 11.7. The Balaban J connectivity index is 1.26. The molecule has 0 saturated carbocycles. The van der Waals surface area contributed by atoms with E-state index in [9.17, 15) is 10.5 Å². The molecule has 0 radical (unpaired) electrons. The molecule has 0 unspecified atom stereocenters. The highest BCUT2D eigenvalue weighted by Crippen LogP contribution is 2.42. The highest BCUT2D eigenvalue weighted by molar-refractivity contribution is 7.20. The van der Waals surface area contributed by atoms with Crippen molar-refractivity contribution in [1.29, 1.82) is 10.5 Å². The lowest BCUT2D eigenvalue weighted by molar-refractivity contribution is 0.249. The van der Waals surface area contributed by atoms with Crippen molar-refractivity contribution in [2.75, 3.05) is 26.2 Å². The van der Waals surface area contributed by atoms with E-state index in [1.807, 2.05) is 161 Å². The number of hydrogen-bond acceptors (Lipinski definition) is 12. The van der Waals surface area contributed by atoms with Gasteiger partial charge in [0.15, 0.2) is 0 Å². The van der Waals surface area contributed by atoms with Gasteiger partial charge in [0.05, 0.1) is 49.1 Å². The first-order chi connectivity index (χ1) is 35.4. The van der Waals surface area contributed by atoms with E-state index >= 15 is 0 Å². The summed E-state index contributed by atoms with van der Waals surface area (Å²) in [5.41, 5.74) is 5.79. The molecule has 0 N–H and O–H groups in total. The second kappa shape index (κ2) is 18.8. The van der Waals surface area contributed by atoms with Crippen LogP contribution < -0.4 is 34.1 Å². The Bertz CT molecular complexity index is 3750. The van der Waals surface area contributed by atoms with Gasteiger partial charge in [-0.05, 0) is 110 Å². The van der Waals surface area contributed by atoms with Crippen LogP contribution in [0.3, 0.4) is 0 Å². The summed E-state index contributed by atoms with van der Waals surface area (Å²) in [5.74, 6) is 2.87. The van der Waals surface area contributed by atoms with Gasteiger partial charge in [0.25, 0.3) is 0 Å². The van der Waals surface area contributed by atoms with E-state index in [0.717, 1.165) is 63.2 Å². The van der Waals surface area contributed by atoms with Gasteiger partial charge in [-0.25, -0.2) is 9.97 Å². The lowest BCUT2D eigenvalue weighted by Gasteiger charge is -2.18. The molecule has 0 saturated heterocycles. The van der Waals surface area contributed by atoms with Crippen molar-refractivity contribution in [2.24, 2.45) is 0 Å². The lowest BCUT2D eigenvalue weighted by atomic mass is 9.99. The first kappa shape index (κ1) is 44.9. The van der Waals surface area contributed by atoms with Crippen LogP contribution in [0.5, 0.6) is 28.7 Å². The minimum Gasteiger partial charge on any atom is -0.503 e. The number of ether oxygens (including phenoxy) is 1. The topological polar surface area (TPSA) is 133 Å². The average Bonchev–Trinajstić information content (AvgIpc) is 4.28. The van der Waals surface area contributed by atoms with Crippen molar-refractivity contribution in [3.63, 3.8) is 0 Å². The van der Waals surface area contributed by atoms with Gasteiger partial charge in [-0.1, -0.05) is 86.6 Å². The number of aromatic nitrogens is 4. The van der Waals surface area contributed by atoms with E-state index in [-0.39, 0.29) is 11.1 Å². The number of fused-ring (bicyclic) bond motifs is 5. The van der Waals surface area contributed by atoms with Gasteiger partial charge in [0, 0.05) is 22.9 Å². The van der Waals surface area contributed by atoms with E-state index in [4.69, 9.17) is 33.3 Å². The summed E-state index contributed by atoms with van der Waals surface area (Å²) < 4.78 is 39.5. The van der Waals surface area contributed by atoms with Crippen molar-refractivity contribution in [3.05, 3.63) is 172 Å². The molecule has 0 amide bonds. The molecule has 0 aliphatic carbocycles. The van der Waals surface area contributed by atoms with Gasteiger partial charge < -0.3 is 37.2 Å². The second-order valence-electron chi connectivity index (χ2n) is 17.4. The summed E-state index contributed by atoms with van der Waals surface area (Å²) in [6.07, 6.45) is 0.873. The SMILES string of the molecule is CCN(CC)CCCOc1ccc(-c2c3/c(=C(\C#N)c4nc5ccccc5s4)n(B4Oc5ccccc5O4)c(-c4ccccc4C)c3/c(=C(\C#N)c3nc4ccccc4s3)n2B2Oc3ccccc3O2)cc1. The van der Waals surface area contributed by atoms with Crippen molar-refractivity contribution >= 4 is 79.5 Å². The molecule has 0 atom stereocenters. The zero-order valence-corrected chi connectivity index (χ0v) is 41.2. The number of benzene rings is 6. The standard InChI is InChI=1S/C56H43B2N7O5S2/c1-4-63(5-2)31-16-32-66-37-29-27-36(28-30-37)51-49-50(54(64(51)57-67-43-21-10-11-22-44(43)68-57)40(34-60)56-62-42-20-9-15-26-48(42)72-56)52(38-18-7-6-17-35(38)3)65(58-69-45-23-12-13-24-46(45)70-58)53(49)39(33-59)55-61-41-19-8-14-25-47(41)71-55/h6-15,17-30H,4-5,16,31-32H2,1-3H3/b53-39-,54-40-. The molecule has 10 aromatic rings. The molecule has 350 valence electrons. The minimum atomic E-state index is -1.13. The van der Waals surface area contributed by atoms with E-state index in [1.165, 1.54) is 22.7 Å². The molecule has 72 heavy (non-hydrogen) atoms. The van der Waals surface area contributed by atoms with Crippen LogP contribution in [0.15, 0.2) is 146 Å². The monoisotopic (exact) mass is 979 g/mol. The summed E-state index contributed by atoms with van der Waals surface area (Å²) in [6, 6.07) is 52.1. The third-order valence-corrected chi connectivity index (χ3v) is 15.3. The summed E-state index contributed by atoms with van der Waals surface area (Å²) in [7, 11) is -2.25. The maximum Gasteiger partial charge on any atom is 0.743 e. The normalized spacial score (nSPS) is 13.6. The molecular weight excluding hydrogens is 936 g/mol. The molecule has 2 aliphatic rings. The van der Waals surface area contributed by atoms with Crippen LogP contribution in [0.4, 0.5) is 0 Å². The second-order valence-corrected chi connectivity index (χ2v) is 19.4. The van der Waals surface area contributed by atoms with Gasteiger partial charge >= 0.3 is 14.5 Å².